The Kier molecular flexibility index (Phi) is 5.11. The lowest BCUT2D eigenvalue weighted by Gasteiger charge is -2.33. The van der Waals surface area contributed by atoms with E-state index in [1.54, 1.807) is 0 Å². The molecule has 26 heavy (non-hydrogen) atoms. The Morgan fingerprint density at radius 2 is 1.92 bits per heavy atom. The second kappa shape index (κ2) is 7.83. The Balaban J connectivity index is 1.56. The molecule has 6 heteroatoms. The van der Waals surface area contributed by atoms with Crippen LogP contribution in [0, 0.1) is 0 Å². The van der Waals surface area contributed by atoms with Gasteiger partial charge in [0.2, 0.25) is 11.7 Å². The summed E-state index contributed by atoms with van der Waals surface area (Å²) in [6, 6.07) is 13.8. The average Bonchev–Trinajstić information content (AvgIpc) is 3.39. The molecule has 1 fully saturated rings. The lowest BCUT2D eigenvalue weighted by molar-refractivity contribution is 0.0591. The van der Waals surface area contributed by atoms with Crippen LogP contribution in [0.5, 0.6) is 0 Å². The molecule has 1 aliphatic rings. The van der Waals surface area contributed by atoms with Crippen LogP contribution in [-0.4, -0.2) is 27.0 Å². The molecule has 1 aromatic carbocycles. The third-order valence-corrected chi connectivity index (χ3v) is 5.67. The first-order valence-corrected chi connectivity index (χ1v) is 9.92. The van der Waals surface area contributed by atoms with Crippen molar-refractivity contribution in [2.75, 3.05) is 0 Å². The molecular weight excluding hydrogens is 346 g/mol. The average molecular weight is 367 g/mol. The van der Waals surface area contributed by atoms with E-state index in [1.165, 1.54) is 17.8 Å². The molecular formula is C20H21N3O2S. The molecule has 0 bridgehead atoms. The molecule has 0 radical (unpaired) electrons. The maximum Gasteiger partial charge on any atom is 0.264 e. The Morgan fingerprint density at radius 1 is 1.12 bits per heavy atom. The first kappa shape index (κ1) is 17.0. The van der Waals surface area contributed by atoms with Gasteiger partial charge in [0.1, 0.15) is 6.54 Å². The predicted octanol–water partition coefficient (Wildman–Crippen LogP) is 4.77. The summed E-state index contributed by atoms with van der Waals surface area (Å²) in [7, 11) is 0. The van der Waals surface area contributed by atoms with Gasteiger partial charge in [-0.3, -0.25) is 4.79 Å². The number of carbonyl (C=O) groups is 1. The first-order chi connectivity index (χ1) is 12.8. The highest BCUT2D eigenvalue weighted by molar-refractivity contribution is 7.12. The van der Waals surface area contributed by atoms with E-state index in [0.717, 1.165) is 36.1 Å². The van der Waals surface area contributed by atoms with E-state index in [2.05, 4.69) is 10.1 Å². The zero-order valence-corrected chi connectivity index (χ0v) is 15.3. The zero-order valence-electron chi connectivity index (χ0n) is 14.5. The van der Waals surface area contributed by atoms with E-state index >= 15 is 0 Å². The standard InChI is InChI=1S/C20H21N3O2S/c24-20(17-12-7-13-26-17)23(16-10-5-2-6-11-16)14-18-21-19(22-25-18)15-8-3-1-4-9-15/h1,3-4,7-9,12-13,16H,2,5-6,10-11,14H2. The van der Waals surface area contributed by atoms with Crippen molar-refractivity contribution in [1.29, 1.82) is 0 Å². The molecule has 5 nitrogen and oxygen atoms in total. The second-order valence-corrected chi connectivity index (χ2v) is 7.53. The summed E-state index contributed by atoms with van der Waals surface area (Å²) in [6.45, 7) is 0.362. The molecule has 0 aliphatic heterocycles. The topological polar surface area (TPSA) is 59.2 Å². The van der Waals surface area contributed by atoms with Crippen molar-refractivity contribution in [3.05, 3.63) is 58.6 Å². The molecule has 1 amide bonds. The number of thiophene rings is 1. The van der Waals surface area contributed by atoms with Crippen molar-refractivity contribution in [2.45, 2.75) is 44.7 Å². The van der Waals surface area contributed by atoms with Crippen molar-refractivity contribution >= 4 is 17.2 Å². The van der Waals surface area contributed by atoms with Gasteiger partial charge in [-0.1, -0.05) is 60.8 Å². The summed E-state index contributed by atoms with van der Waals surface area (Å²) < 4.78 is 5.46. The molecule has 4 rings (SSSR count). The van der Waals surface area contributed by atoms with Gasteiger partial charge in [-0.25, -0.2) is 0 Å². The van der Waals surface area contributed by atoms with E-state index < -0.39 is 0 Å². The van der Waals surface area contributed by atoms with Crippen LogP contribution in [0.3, 0.4) is 0 Å². The number of nitrogens with zero attached hydrogens (tertiary/aromatic N) is 3. The van der Waals surface area contributed by atoms with E-state index in [1.807, 2.05) is 52.7 Å². The van der Waals surface area contributed by atoms with Crippen LogP contribution in [0.25, 0.3) is 11.4 Å². The SMILES string of the molecule is O=C(c1cccs1)N(Cc1nc(-c2ccccc2)no1)C1CCCCC1. The summed E-state index contributed by atoms with van der Waals surface area (Å²) in [5.41, 5.74) is 0.913. The third kappa shape index (κ3) is 3.70. The van der Waals surface area contributed by atoms with Crippen molar-refractivity contribution < 1.29 is 9.32 Å². The maximum absolute atomic E-state index is 13.0. The Bertz CT molecular complexity index is 839. The van der Waals surface area contributed by atoms with Gasteiger partial charge in [-0.2, -0.15) is 4.98 Å². The number of hydrogen-bond donors (Lipinski definition) is 0. The van der Waals surface area contributed by atoms with Gasteiger partial charge >= 0.3 is 0 Å². The minimum absolute atomic E-state index is 0.0614. The van der Waals surface area contributed by atoms with Crippen LogP contribution in [-0.2, 0) is 6.54 Å². The van der Waals surface area contributed by atoms with Gasteiger partial charge < -0.3 is 9.42 Å². The highest BCUT2D eigenvalue weighted by Crippen LogP contribution is 2.27. The van der Waals surface area contributed by atoms with Gasteiger partial charge in [-0.15, -0.1) is 11.3 Å². The largest absolute Gasteiger partial charge is 0.337 e. The fraction of sp³-hybridized carbons (Fsp3) is 0.350. The summed E-state index contributed by atoms with van der Waals surface area (Å²) in [4.78, 5) is 20.2. The normalized spacial score (nSPS) is 15.1. The van der Waals surface area contributed by atoms with Crippen LogP contribution in [0.2, 0.25) is 0 Å². The van der Waals surface area contributed by atoms with Crippen LogP contribution in [0.15, 0.2) is 52.4 Å². The number of amides is 1. The molecule has 2 heterocycles. The lowest BCUT2D eigenvalue weighted by Crippen LogP contribution is -2.40. The molecule has 1 aliphatic carbocycles. The Morgan fingerprint density at radius 3 is 2.65 bits per heavy atom. The number of rotatable bonds is 5. The Hall–Kier alpha value is -2.47. The quantitative estimate of drug-likeness (QED) is 0.651. The van der Waals surface area contributed by atoms with Crippen molar-refractivity contribution in [3.63, 3.8) is 0 Å². The van der Waals surface area contributed by atoms with Crippen molar-refractivity contribution in [1.82, 2.24) is 15.0 Å². The first-order valence-electron chi connectivity index (χ1n) is 9.04. The number of carbonyl (C=O) groups excluding carboxylic acids is 1. The molecule has 0 unspecified atom stereocenters. The lowest BCUT2D eigenvalue weighted by atomic mass is 9.94. The van der Waals surface area contributed by atoms with Crippen LogP contribution in [0.4, 0.5) is 0 Å². The van der Waals surface area contributed by atoms with Crippen molar-refractivity contribution in [2.24, 2.45) is 0 Å². The highest BCUT2D eigenvalue weighted by atomic mass is 32.1. The van der Waals surface area contributed by atoms with Gasteiger partial charge in [0.05, 0.1) is 4.88 Å². The molecule has 134 valence electrons. The van der Waals surface area contributed by atoms with Gasteiger partial charge in [-0.05, 0) is 24.3 Å². The summed E-state index contributed by atoms with van der Waals surface area (Å²) in [6.07, 6.45) is 5.65. The van der Waals surface area contributed by atoms with E-state index in [-0.39, 0.29) is 11.9 Å². The van der Waals surface area contributed by atoms with E-state index in [9.17, 15) is 4.79 Å². The third-order valence-electron chi connectivity index (χ3n) is 4.81. The smallest absolute Gasteiger partial charge is 0.264 e. The maximum atomic E-state index is 13.0. The molecule has 0 atom stereocenters. The summed E-state index contributed by atoms with van der Waals surface area (Å²) >= 11 is 1.48. The number of benzene rings is 1. The molecule has 3 aromatic rings. The highest BCUT2D eigenvalue weighted by Gasteiger charge is 2.28. The van der Waals surface area contributed by atoms with E-state index in [4.69, 9.17) is 4.52 Å². The van der Waals surface area contributed by atoms with Crippen LogP contribution >= 0.6 is 11.3 Å². The van der Waals surface area contributed by atoms with Gasteiger partial charge in [0.15, 0.2) is 0 Å². The summed E-state index contributed by atoms with van der Waals surface area (Å²) in [5.74, 6) is 1.11. The van der Waals surface area contributed by atoms with Crippen LogP contribution in [0.1, 0.15) is 47.7 Å². The fourth-order valence-corrected chi connectivity index (χ4v) is 4.15. The van der Waals surface area contributed by atoms with Crippen molar-refractivity contribution in [3.8, 4) is 11.4 Å². The van der Waals surface area contributed by atoms with Crippen LogP contribution < -0.4 is 0 Å². The summed E-state index contributed by atoms with van der Waals surface area (Å²) in [5, 5.41) is 6.02. The molecule has 0 spiro atoms. The van der Waals surface area contributed by atoms with Gasteiger partial charge in [0, 0.05) is 11.6 Å². The number of aromatic nitrogens is 2. The fourth-order valence-electron chi connectivity index (χ4n) is 3.47. The molecule has 1 saturated carbocycles. The minimum Gasteiger partial charge on any atom is -0.337 e. The second-order valence-electron chi connectivity index (χ2n) is 6.58. The predicted molar refractivity (Wildman–Crippen MR) is 101 cm³/mol. The zero-order chi connectivity index (χ0) is 17.8. The molecule has 0 N–H and O–H groups in total. The number of hydrogen-bond acceptors (Lipinski definition) is 5. The van der Waals surface area contributed by atoms with E-state index in [0.29, 0.717) is 18.3 Å². The molecule has 0 saturated heterocycles. The minimum atomic E-state index is 0.0614. The van der Waals surface area contributed by atoms with Gasteiger partial charge in [0.25, 0.3) is 5.91 Å². The molecule has 2 aromatic heterocycles. The Labute approximate surface area is 156 Å². The monoisotopic (exact) mass is 367 g/mol.